The minimum Gasteiger partial charge on any atom is -0.353 e. The van der Waals surface area contributed by atoms with Gasteiger partial charge in [0.15, 0.2) is 9.84 Å². The van der Waals surface area contributed by atoms with Gasteiger partial charge in [0.2, 0.25) is 5.91 Å². The molecule has 1 amide bonds. The second-order valence-electron chi connectivity index (χ2n) is 3.68. The van der Waals surface area contributed by atoms with Gasteiger partial charge in [-0.3, -0.25) is 4.79 Å². The normalized spacial score (nSPS) is 11.6. The number of carbonyl (C=O) groups is 1. The van der Waals surface area contributed by atoms with Crippen LogP contribution in [0.25, 0.3) is 6.08 Å². The molecule has 1 aromatic rings. The van der Waals surface area contributed by atoms with Crippen molar-refractivity contribution >= 4 is 21.8 Å². The molecule has 0 bridgehead atoms. The van der Waals surface area contributed by atoms with E-state index in [0.717, 1.165) is 5.56 Å². The zero-order chi connectivity index (χ0) is 12.9. The molecular formula is C12H15NO3S. The Kier molecular flexibility index (Phi) is 4.45. The summed E-state index contributed by atoms with van der Waals surface area (Å²) in [6.45, 7) is 1.87. The quantitative estimate of drug-likeness (QED) is 0.878. The van der Waals surface area contributed by atoms with Crippen LogP contribution in [0.2, 0.25) is 0 Å². The van der Waals surface area contributed by atoms with Gasteiger partial charge in [-0.2, -0.15) is 0 Å². The van der Waals surface area contributed by atoms with Gasteiger partial charge in [-0.25, -0.2) is 8.42 Å². The molecule has 0 fully saturated rings. The SMILES string of the molecule is CC(=O)NCC=Cc1cccc(S(C)(=O)=O)c1. The van der Waals surface area contributed by atoms with Gasteiger partial charge in [-0.1, -0.05) is 24.3 Å². The van der Waals surface area contributed by atoms with Crippen LogP contribution in [-0.2, 0) is 14.6 Å². The van der Waals surface area contributed by atoms with E-state index >= 15 is 0 Å². The van der Waals surface area contributed by atoms with E-state index in [1.165, 1.54) is 13.2 Å². The summed E-state index contributed by atoms with van der Waals surface area (Å²) in [5, 5.41) is 2.62. The van der Waals surface area contributed by atoms with Gasteiger partial charge < -0.3 is 5.32 Å². The summed E-state index contributed by atoms with van der Waals surface area (Å²) in [4.78, 5) is 10.9. The van der Waals surface area contributed by atoms with Crippen LogP contribution in [0.15, 0.2) is 35.2 Å². The molecule has 0 radical (unpaired) electrons. The van der Waals surface area contributed by atoms with Crippen LogP contribution < -0.4 is 5.32 Å². The Labute approximate surface area is 101 Å². The number of rotatable bonds is 4. The lowest BCUT2D eigenvalue weighted by Gasteiger charge is -2.00. The van der Waals surface area contributed by atoms with E-state index in [1.807, 2.05) is 0 Å². The maximum absolute atomic E-state index is 11.3. The van der Waals surface area contributed by atoms with Crippen molar-refractivity contribution in [1.29, 1.82) is 0 Å². The van der Waals surface area contributed by atoms with Crippen LogP contribution in [0.4, 0.5) is 0 Å². The van der Waals surface area contributed by atoms with Gasteiger partial charge in [-0.05, 0) is 17.7 Å². The maximum Gasteiger partial charge on any atom is 0.217 e. The van der Waals surface area contributed by atoms with Crippen LogP contribution in [0, 0.1) is 0 Å². The first kappa shape index (κ1) is 13.4. The van der Waals surface area contributed by atoms with E-state index in [-0.39, 0.29) is 5.91 Å². The lowest BCUT2D eigenvalue weighted by atomic mass is 10.2. The molecule has 0 aliphatic carbocycles. The summed E-state index contributed by atoms with van der Waals surface area (Å²) in [6, 6.07) is 6.65. The summed E-state index contributed by atoms with van der Waals surface area (Å²) < 4.78 is 22.6. The molecule has 1 N–H and O–H groups in total. The van der Waals surface area contributed by atoms with Crippen LogP contribution >= 0.6 is 0 Å². The smallest absolute Gasteiger partial charge is 0.217 e. The van der Waals surface area contributed by atoms with E-state index in [1.54, 1.807) is 36.4 Å². The first-order chi connectivity index (χ1) is 7.89. The molecule has 0 heterocycles. The van der Waals surface area contributed by atoms with Crippen molar-refractivity contribution in [3.05, 3.63) is 35.9 Å². The third kappa shape index (κ3) is 4.82. The largest absolute Gasteiger partial charge is 0.353 e. The zero-order valence-corrected chi connectivity index (χ0v) is 10.6. The molecule has 0 aliphatic rings. The summed E-state index contributed by atoms with van der Waals surface area (Å²) in [7, 11) is -3.17. The molecule has 0 saturated heterocycles. The lowest BCUT2D eigenvalue weighted by molar-refractivity contribution is -0.118. The Morgan fingerprint density at radius 3 is 2.71 bits per heavy atom. The predicted octanol–water partition coefficient (Wildman–Crippen LogP) is 1.24. The van der Waals surface area contributed by atoms with Crippen molar-refractivity contribution in [3.8, 4) is 0 Å². The summed E-state index contributed by atoms with van der Waals surface area (Å²) in [5.41, 5.74) is 0.790. The molecule has 0 atom stereocenters. The number of nitrogens with one attached hydrogen (secondary N) is 1. The zero-order valence-electron chi connectivity index (χ0n) is 9.80. The Morgan fingerprint density at radius 1 is 1.41 bits per heavy atom. The number of carbonyl (C=O) groups excluding carboxylic acids is 1. The highest BCUT2D eigenvalue weighted by atomic mass is 32.2. The van der Waals surface area contributed by atoms with E-state index in [4.69, 9.17) is 0 Å². The number of amides is 1. The summed E-state index contributed by atoms with van der Waals surface area (Å²) in [6.07, 6.45) is 4.71. The highest BCUT2D eigenvalue weighted by Crippen LogP contribution is 2.12. The van der Waals surface area contributed by atoms with Crippen molar-refractivity contribution in [2.75, 3.05) is 12.8 Å². The maximum atomic E-state index is 11.3. The van der Waals surface area contributed by atoms with Gasteiger partial charge in [0.05, 0.1) is 4.90 Å². The highest BCUT2D eigenvalue weighted by molar-refractivity contribution is 7.90. The molecule has 0 aromatic heterocycles. The molecule has 4 nitrogen and oxygen atoms in total. The highest BCUT2D eigenvalue weighted by Gasteiger charge is 2.05. The molecule has 1 rings (SSSR count). The van der Waals surface area contributed by atoms with Crippen molar-refractivity contribution in [2.24, 2.45) is 0 Å². The van der Waals surface area contributed by atoms with Crippen molar-refractivity contribution in [2.45, 2.75) is 11.8 Å². The first-order valence-electron chi connectivity index (χ1n) is 5.11. The van der Waals surface area contributed by atoms with Gasteiger partial charge in [0.1, 0.15) is 0 Å². The fourth-order valence-electron chi connectivity index (χ4n) is 1.25. The summed E-state index contributed by atoms with van der Waals surface area (Å²) >= 11 is 0. The predicted molar refractivity (Wildman–Crippen MR) is 67.3 cm³/mol. The van der Waals surface area contributed by atoms with Gasteiger partial charge in [0.25, 0.3) is 0 Å². The second-order valence-corrected chi connectivity index (χ2v) is 5.70. The Morgan fingerprint density at radius 2 is 2.12 bits per heavy atom. The van der Waals surface area contributed by atoms with Crippen LogP contribution in [-0.4, -0.2) is 27.1 Å². The van der Waals surface area contributed by atoms with Crippen molar-refractivity contribution < 1.29 is 13.2 Å². The molecule has 0 spiro atoms. The fraction of sp³-hybridized carbons (Fsp3) is 0.250. The van der Waals surface area contributed by atoms with Gasteiger partial charge in [-0.15, -0.1) is 0 Å². The number of hydrogen-bond acceptors (Lipinski definition) is 3. The van der Waals surface area contributed by atoms with Gasteiger partial charge in [0, 0.05) is 19.7 Å². The third-order valence-electron chi connectivity index (χ3n) is 2.07. The van der Waals surface area contributed by atoms with Crippen molar-refractivity contribution in [1.82, 2.24) is 5.32 Å². The van der Waals surface area contributed by atoms with Crippen LogP contribution in [0.3, 0.4) is 0 Å². The molecule has 1 aromatic carbocycles. The van der Waals surface area contributed by atoms with Crippen LogP contribution in [0.5, 0.6) is 0 Å². The third-order valence-corrected chi connectivity index (χ3v) is 3.18. The van der Waals surface area contributed by atoms with Gasteiger partial charge >= 0.3 is 0 Å². The van der Waals surface area contributed by atoms with Crippen molar-refractivity contribution in [3.63, 3.8) is 0 Å². The second kappa shape index (κ2) is 5.63. The van der Waals surface area contributed by atoms with E-state index in [9.17, 15) is 13.2 Å². The topological polar surface area (TPSA) is 63.2 Å². The molecular weight excluding hydrogens is 238 g/mol. The van der Waals surface area contributed by atoms with E-state index < -0.39 is 9.84 Å². The first-order valence-corrected chi connectivity index (χ1v) is 7.00. The lowest BCUT2D eigenvalue weighted by Crippen LogP contribution is -2.19. The van der Waals surface area contributed by atoms with E-state index in [0.29, 0.717) is 11.4 Å². The Bertz CT molecular complexity index is 532. The molecule has 17 heavy (non-hydrogen) atoms. The number of sulfone groups is 1. The minimum atomic E-state index is -3.17. The average molecular weight is 253 g/mol. The summed E-state index contributed by atoms with van der Waals surface area (Å²) in [5.74, 6) is -0.0977. The van der Waals surface area contributed by atoms with E-state index in [2.05, 4.69) is 5.32 Å². The average Bonchev–Trinajstić information content (AvgIpc) is 2.23. The number of hydrogen-bond donors (Lipinski definition) is 1. The Balaban J connectivity index is 2.76. The molecule has 0 unspecified atom stereocenters. The number of benzene rings is 1. The standard InChI is InChI=1S/C12H15NO3S/c1-10(14)13-8-4-6-11-5-3-7-12(9-11)17(2,15)16/h3-7,9H,8H2,1-2H3,(H,13,14). The molecule has 0 saturated carbocycles. The minimum absolute atomic E-state index is 0.0977. The Hall–Kier alpha value is -1.62. The van der Waals surface area contributed by atoms with Crippen LogP contribution in [0.1, 0.15) is 12.5 Å². The molecule has 92 valence electrons. The molecule has 5 heteroatoms. The molecule has 0 aliphatic heterocycles. The monoisotopic (exact) mass is 253 g/mol. The fourth-order valence-corrected chi connectivity index (χ4v) is 1.92.